The number of nitrogens with zero attached hydrogens (tertiary/aromatic N) is 3. The van der Waals surface area contributed by atoms with Crippen LogP contribution in [0.3, 0.4) is 0 Å². The van der Waals surface area contributed by atoms with Gasteiger partial charge in [-0.15, -0.1) is 11.6 Å². The molecule has 2 unspecified atom stereocenters. The van der Waals surface area contributed by atoms with Gasteiger partial charge < -0.3 is 4.74 Å². The first-order chi connectivity index (χ1) is 15.9. The van der Waals surface area contributed by atoms with E-state index >= 15 is 0 Å². The van der Waals surface area contributed by atoms with Crippen LogP contribution in [-0.2, 0) is 14.8 Å². The molecule has 2 heterocycles. The van der Waals surface area contributed by atoms with E-state index in [2.05, 4.69) is 9.97 Å². The molecule has 34 heavy (non-hydrogen) atoms. The molecule has 2 aromatic rings. The third-order valence-corrected chi connectivity index (χ3v) is 7.19. The van der Waals surface area contributed by atoms with Crippen molar-refractivity contribution in [2.24, 2.45) is 5.92 Å². The van der Waals surface area contributed by atoms with E-state index in [1.54, 1.807) is 6.92 Å². The van der Waals surface area contributed by atoms with Crippen molar-refractivity contribution in [3.8, 4) is 0 Å². The summed E-state index contributed by atoms with van der Waals surface area (Å²) in [6.07, 6.45) is 0.230. The van der Waals surface area contributed by atoms with Crippen molar-refractivity contribution in [1.29, 1.82) is 0 Å². The number of sulfonamides is 1. The minimum atomic E-state index is -4.78. The predicted octanol–water partition coefficient (Wildman–Crippen LogP) is 4.65. The van der Waals surface area contributed by atoms with Gasteiger partial charge in [-0.25, -0.2) is 17.7 Å². The van der Waals surface area contributed by atoms with Gasteiger partial charge in [0.05, 0.1) is 26.9 Å². The SMILES string of the molecule is COCN(c1cc(Cl)cnc1C(=O)c1ccnc(C)c1)S(=O)(=O)C1=CC(C(F)(F)F)C(Cl)C=C1. The highest BCUT2D eigenvalue weighted by molar-refractivity contribution is 7.96. The van der Waals surface area contributed by atoms with Gasteiger partial charge in [0.15, 0.2) is 0 Å². The molecule has 0 aromatic carbocycles. The van der Waals surface area contributed by atoms with E-state index in [9.17, 15) is 26.4 Å². The number of anilines is 1. The molecule has 0 saturated carbocycles. The van der Waals surface area contributed by atoms with E-state index in [1.807, 2.05) is 0 Å². The van der Waals surface area contributed by atoms with Crippen LogP contribution in [0.25, 0.3) is 0 Å². The Morgan fingerprint density at radius 2 is 1.97 bits per heavy atom. The number of ether oxygens (including phenoxy) is 1. The highest BCUT2D eigenvalue weighted by Gasteiger charge is 2.45. The maximum absolute atomic E-state index is 13.5. The molecular weight excluding hydrogens is 518 g/mol. The first kappa shape index (κ1) is 26.1. The summed E-state index contributed by atoms with van der Waals surface area (Å²) in [7, 11) is -3.47. The lowest BCUT2D eigenvalue weighted by atomic mass is 10.00. The summed E-state index contributed by atoms with van der Waals surface area (Å²) >= 11 is 11.8. The van der Waals surface area contributed by atoms with Crippen molar-refractivity contribution < 1.29 is 31.1 Å². The second-order valence-electron chi connectivity index (χ2n) is 7.25. The van der Waals surface area contributed by atoms with Crippen LogP contribution >= 0.6 is 23.2 Å². The summed E-state index contributed by atoms with van der Waals surface area (Å²) in [5, 5.41) is -1.48. The summed E-state index contributed by atoms with van der Waals surface area (Å²) in [6.45, 7) is 1.03. The number of carbonyl (C=O) groups is 1. The Bertz CT molecular complexity index is 1270. The summed E-state index contributed by atoms with van der Waals surface area (Å²) in [6, 6.07) is 4.08. The molecule has 1 aliphatic carbocycles. The van der Waals surface area contributed by atoms with Gasteiger partial charge in [0.2, 0.25) is 5.78 Å². The third-order valence-electron chi connectivity index (χ3n) is 4.82. The molecule has 2 aromatic heterocycles. The molecule has 0 bridgehead atoms. The summed E-state index contributed by atoms with van der Waals surface area (Å²) in [4.78, 5) is 20.5. The normalized spacial score (nSPS) is 18.5. The fourth-order valence-electron chi connectivity index (χ4n) is 3.21. The van der Waals surface area contributed by atoms with Crippen LogP contribution in [-0.4, -0.2) is 49.6 Å². The molecule has 3 rings (SSSR count). The van der Waals surface area contributed by atoms with Gasteiger partial charge in [-0.1, -0.05) is 23.8 Å². The topological polar surface area (TPSA) is 89.5 Å². The zero-order valence-corrected chi connectivity index (χ0v) is 20.1. The molecule has 1 aliphatic rings. The number of halogens is 5. The van der Waals surface area contributed by atoms with E-state index in [4.69, 9.17) is 27.9 Å². The minimum absolute atomic E-state index is 0.00378. The number of hydrogen-bond acceptors (Lipinski definition) is 6. The number of allylic oxidation sites excluding steroid dienone is 3. The lowest BCUT2D eigenvalue weighted by Gasteiger charge is -2.28. The standard InChI is InChI=1S/C21H18Cl2F3N3O4S/c1-12-7-13(5-6-27-12)20(30)19-18(8-14(22)10-28-19)29(11-33-2)34(31,32)15-3-4-17(23)16(9-15)21(24,25)26/h3-10,16-17H,11H2,1-2H3. The van der Waals surface area contributed by atoms with Crippen LogP contribution in [0.1, 0.15) is 21.7 Å². The molecule has 0 fully saturated rings. The van der Waals surface area contributed by atoms with Gasteiger partial charge in [0.25, 0.3) is 10.0 Å². The van der Waals surface area contributed by atoms with Crippen LogP contribution < -0.4 is 4.31 Å². The fourth-order valence-corrected chi connectivity index (χ4v) is 5.11. The zero-order valence-electron chi connectivity index (χ0n) is 17.8. The second kappa shape index (κ2) is 10.0. The van der Waals surface area contributed by atoms with Gasteiger partial charge in [-0.3, -0.25) is 9.78 Å². The first-order valence-corrected chi connectivity index (χ1v) is 11.9. The van der Waals surface area contributed by atoms with Gasteiger partial charge in [0, 0.05) is 30.8 Å². The van der Waals surface area contributed by atoms with Crippen LogP contribution in [0.5, 0.6) is 0 Å². The molecule has 0 spiro atoms. The molecule has 13 heteroatoms. The van der Waals surface area contributed by atoms with Crippen LogP contribution in [0.15, 0.2) is 53.7 Å². The highest BCUT2D eigenvalue weighted by Crippen LogP contribution is 2.39. The first-order valence-electron chi connectivity index (χ1n) is 9.61. The molecule has 0 amide bonds. The van der Waals surface area contributed by atoms with E-state index < -0.39 is 44.9 Å². The van der Waals surface area contributed by atoms with Gasteiger partial charge in [-0.05, 0) is 31.2 Å². The number of pyridine rings is 2. The number of aryl methyl sites for hydroxylation is 1. The second-order valence-corrected chi connectivity index (χ2v) is 10.1. The van der Waals surface area contributed by atoms with E-state index in [1.165, 1.54) is 31.5 Å². The van der Waals surface area contributed by atoms with Crippen molar-refractivity contribution >= 4 is 44.7 Å². The average molecular weight is 536 g/mol. The Kier molecular flexibility index (Phi) is 7.71. The van der Waals surface area contributed by atoms with Gasteiger partial charge in [0.1, 0.15) is 12.4 Å². The number of alkyl halides is 4. The van der Waals surface area contributed by atoms with Crippen molar-refractivity contribution in [2.75, 3.05) is 18.1 Å². The van der Waals surface area contributed by atoms with Crippen molar-refractivity contribution in [3.05, 3.63) is 75.7 Å². The monoisotopic (exact) mass is 535 g/mol. The molecular formula is C21H18Cl2F3N3O4S. The lowest BCUT2D eigenvalue weighted by Crippen LogP contribution is -2.37. The molecule has 0 N–H and O–H groups in total. The molecule has 0 radical (unpaired) electrons. The average Bonchev–Trinajstić information content (AvgIpc) is 2.76. The molecule has 2 atom stereocenters. The minimum Gasteiger partial charge on any atom is -0.363 e. The Labute approximate surface area is 203 Å². The Balaban J connectivity index is 2.15. The van der Waals surface area contributed by atoms with E-state index in [0.717, 1.165) is 18.3 Å². The van der Waals surface area contributed by atoms with Crippen molar-refractivity contribution in [1.82, 2.24) is 9.97 Å². The molecule has 0 saturated heterocycles. The predicted molar refractivity (Wildman–Crippen MR) is 121 cm³/mol. The maximum Gasteiger partial charge on any atom is 0.396 e. The van der Waals surface area contributed by atoms with E-state index in [0.29, 0.717) is 16.1 Å². The Morgan fingerprint density at radius 1 is 1.26 bits per heavy atom. The number of methoxy groups -OCH3 is 1. The highest BCUT2D eigenvalue weighted by atomic mass is 35.5. The Morgan fingerprint density at radius 3 is 2.59 bits per heavy atom. The van der Waals surface area contributed by atoms with Crippen molar-refractivity contribution in [3.63, 3.8) is 0 Å². The third kappa shape index (κ3) is 5.43. The summed E-state index contributed by atoms with van der Waals surface area (Å²) in [5.74, 6) is -2.87. The largest absolute Gasteiger partial charge is 0.396 e. The molecule has 7 nitrogen and oxygen atoms in total. The zero-order chi connectivity index (χ0) is 25.3. The molecule has 182 valence electrons. The van der Waals surface area contributed by atoms with Crippen LogP contribution in [0, 0.1) is 12.8 Å². The summed E-state index contributed by atoms with van der Waals surface area (Å²) in [5.41, 5.74) is 0.157. The number of ketones is 1. The van der Waals surface area contributed by atoms with Crippen LogP contribution in [0.4, 0.5) is 18.9 Å². The van der Waals surface area contributed by atoms with E-state index in [-0.39, 0.29) is 22.0 Å². The lowest BCUT2D eigenvalue weighted by molar-refractivity contribution is -0.159. The number of hydrogen-bond donors (Lipinski definition) is 0. The number of rotatable bonds is 7. The number of carbonyl (C=O) groups excluding carboxylic acids is 1. The summed E-state index contributed by atoms with van der Waals surface area (Å²) < 4.78 is 72.7. The molecule has 0 aliphatic heterocycles. The van der Waals surface area contributed by atoms with Crippen molar-refractivity contribution in [2.45, 2.75) is 18.5 Å². The van der Waals surface area contributed by atoms with Gasteiger partial charge in [-0.2, -0.15) is 13.2 Å². The quantitative estimate of drug-likeness (QED) is 0.291. The Hall–Kier alpha value is -2.47. The smallest absolute Gasteiger partial charge is 0.363 e. The van der Waals surface area contributed by atoms with Gasteiger partial charge >= 0.3 is 6.18 Å². The fraction of sp³-hybridized carbons (Fsp3) is 0.286. The number of aromatic nitrogens is 2. The maximum atomic E-state index is 13.5. The van der Waals surface area contributed by atoms with Crippen LogP contribution in [0.2, 0.25) is 5.02 Å².